The number of furan rings is 1. The molecule has 0 amide bonds. The van der Waals surface area contributed by atoms with Gasteiger partial charge in [0.25, 0.3) is 0 Å². The molecule has 0 atom stereocenters. The lowest BCUT2D eigenvalue weighted by molar-refractivity contribution is 0.557. The Hall–Kier alpha value is -1.02. The fraction of sp³-hybridized carbons (Fsp3) is 0.500. The molecule has 0 fully saturated rings. The van der Waals surface area contributed by atoms with Crippen molar-refractivity contribution in [2.75, 3.05) is 6.54 Å². The summed E-state index contributed by atoms with van der Waals surface area (Å²) in [6.45, 7) is 5.70. The van der Waals surface area contributed by atoms with Crippen molar-refractivity contribution in [2.24, 2.45) is 0 Å². The van der Waals surface area contributed by atoms with Gasteiger partial charge in [0.15, 0.2) is 0 Å². The van der Waals surface area contributed by atoms with Gasteiger partial charge in [-0.25, -0.2) is 0 Å². The molecule has 0 aliphatic heterocycles. The predicted molar refractivity (Wildman–Crippen MR) is 59.1 cm³/mol. The second-order valence-electron chi connectivity index (χ2n) is 3.45. The lowest BCUT2D eigenvalue weighted by Crippen LogP contribution is -2.13. The standard InChI is InChI=1S/C12H19NO/c1-2-3-4-5-6-8-13-10-12-7-9-14-11-12/h2,7,9,11,13H,1,3-6,8,10H2. The zero-order valence-electron chi connectivity index (χ0n) is 8.67. The van der Waals surface area contributed by atoms with Crippen LogP contribution in [0, 0.1) is 0 Å². The molecule has 2 heteroatoms. The second kappa shape index (κ2) is 7.39. The zero-order valence-corrected chi connectivity index (χ0v) is 8.67. The van der Waals surface area contributed by atoms with E-state index in [2.05, 4.69) is 11.9 Å². The largest absolute Gasteiger partial charge is 0.472 e. The first-order chi connectivity index (χ1) is 6.93. The molecule has 1 heterocycles. The average molecular weight is 193 g/mol. The van der Waals surface area contributed by atoms with Crippen LogP contribution in [0.15, 0.2) is 35.7 Å². The monoisotopic (exact) mass is 193 g/mol. The van der Waals surface area contributed by atoms with Gasteiger partial charge in [-0.05, 0) is 31.9 Å². The van der Waals surface area contributed by atoms with E-state index in [0.29, 0.717) is 0 Å². The first-order valence-corrected chi connectivity index (χ1v) is 5.26. The Morgan fingerprint density at radius 2 is 2.29 bits per heavy atom. The maximum absolute atomic E-state index is 4.97. The zero-order chi connectivity index (χ0) is 10.1. The van der Waals surface area contributed by atoms with Crippen LogP contribution < -0.4 is 5.32 Å². The van der Waals surface area contributed by atoms with Crippen LogP contribution in [0.5, 0.6) is 0 Å². The predicted octanol–water partition coefficient (Wildman–Crippen LogP) is 3.12. The molecular weight excluding hydrogens is 174 g/mol. The van der Waals surface area contributed by atoms with Gasteiger partial charge in [0.1, 0.15) is 0 Å². The van der Waals surface area contributed by atoms with Crippen LogP contribution in [0.2, 0.25) is 0 Å². The summed E-state index contributed by atoms with van der Waals surface area (Å²) in [5.74, 6) is 0. The number of allylic oxidation sites excluding steroid dienone is 1. The second-order valence-corrected chi connectivity index (χ2v) is 3.45. The minimum Gasteiger partial charge on any atom is -0.472 e. The highest BCUT2D eigenvalue weighted by molar-refractivity contribution is 5.04. The third-order valence-electron chi connectivity index (χ3n) is 2.17. The molecule has 1 aromatic rings. The van der Waals surface area contributed by atoms with Crippen molar-refractivity contribution in [3.05, 3.63) is 36.8 Å². The van der Waals surface area contributed by atoms with Crippen molar-refractivity contribution in [1.29, 1.82) is 0 Å². The SMILES string of the molecule is C=CCCCCCNCc1ccoc1. The van der Waals surface area contributed by atoms with Gasteiger partial charge in [-0.2, -0.15) is 0 Å². The topological polar surface area (TPSA) is 25.2 Å². The van der Waals surface area contributed by atoms with E-state index in [1.165, 1.54) is 24.8 Å². The van der Waals surface area contributed by atoms with Gasteiger partial charge < -0.3 is 9.73 Å². The first kappa shape index (κ1) is 11.1. The highest BCUT2D eigenvalue weighted by Gasteiger charge is 1.92. The van der Waals surface area contributed by atoms with E-state index in [9.17, 15) is 0 Å². The van der Waals surface area contributed by atoms with Crippen molar-refractivity contribution < 1.29 is 4.42 Å². The molecule has 0 aliphatic rings. The molecule has 0 saturated heterocycles. The summed E-state index contributed by atoms with van der Waals surface area (Å²) in [4.78, 5) is 0. The molecule has 0 bridgehead atoms. The van der Waals surface area contributed by atoms with Gasteiger partial charge in [0, 0.05) is 12.1 Å². The van der Waals surface area contributed by atoms with E-state index in [0.717, 1.165) is 19.5 Å². The fourth-order valence-electron chi connectivity index (χ4n) is 1.34. The maximum atomic E-state index is 4.97. The Kier molecular flexibility index (Phi) is 5.84. The Morgan fingerprint density at radius 1 is 1.36 bits per heavy atom. The van der Waals surface area contributed by atoms with Gasteiger partial charge in [0.05, 0.1) is 12.5 Å². The summed E-state index contributed by atoms with van der Waals surface area (Å²) in [7, 11) is 0. The summed E-state index contributed by atoms with van der Waals surface area (Å²) < 4.78 is 4.97. The normalized spacial score (nSPS) is 10.3. The van der Waals surface area contributed by atoms with Gasteiger partial charge in [0.2, 0.25) is 0 Å². The van der Waals surface area contributed by atoms with Gasteiger partial charge in [-0.15, -0.1) is 6.58 Å². The van der Waals surface area contributed by atoms with E-state index in [1.54, 1.807) is 12.5 Å². The minimum atomic E-state index is 0.915. The molecule has 0 unspecified atom stereocenters. The van der Waals surface area contributed by atoms with Crippen molar-refractivity contribution >= 4 is 0 Å². The van der Waals surface area contributed by atoms with Gasteiger partial charge >= 0.3 is 0 Å². The summed E-state index contributed by atoms with van der Waals surface area (Å²) in [6.07, 6.45) is 10.4. The Balaban J connectivity index is 1.87. The summed E-state index contributed by atoms with van der Waals surface area (Å²) >= 11 is 0. The van der Waals surface area contributed by atoms with Crippen LogP contribution in [0.4, 0.5) is 0 Å². The highest BCUT2D eigenvalue weighted by Crippen LogP contribution is 2.01. The molecule has 2 nitrogen and oxygen atoms in total. The Bertz CT molecular complexity index is 228. The Labute approximate surface area is 86.0 Å². The third kappa shape index (κ3) is 4.87. The van der Waals surface area contributed by atoms with E-state index in [-0.39, 0.29) is 0 Å². The first-order valence-electron chi connectivity index (χ1n) is 5.26. The van der Waals surface area contributed by atoms with E-state index >= 15 is 0 Å². The van der Waals surface area contributed by atoms with Crippen molar-refractivity contribution in [1.82, 2.24) is 5.32 Å². The molecule has 0 saturated carbocycles. The minimum absolute atomic E-state index is 0.915. The molecule has 1 rings (SSSR count). The smallest absolute Gasteiger partial charge is 0.0947 e. The van der Waals surface area contributed by atoms with Crippen LogP contribution >= 0.6 is 0 Å². The van der Waals surface area contributed by atoms with E-state index in [1.807, 2.05) is 12.1 Å². The van der Waals surface area contributed by atoms with E-state index < -0.39 is 0 Å². The average Bonchev–Trinajstić information content (AvgIpc) is 2.69. The fourth-order valence-corrected chi connectivity index (χ4v) is 1.34. The number of rotatable bonds is 8. The van der Waals surface area contributed by atoms with Crippen LogP contribution in [0.1, 0.15) is 31.2 Å². The summed E-state index contributed by atoms with van der Waals surface area (Å²) in [5, 5.41) is 3.38. The van der Waals surface area contributed by atoms with Crippen molar-refractivity contribution in [3.8, 4) is 0 Å². The highest BCUT2D eigenvalue weighted by atomic mass is 16.3. The van der Waals surface area contributed by atoms with E-state index in [4.69, 9.17) is 4.42 Å². The quantitative estimate of drug-likeness (QED) is 0.507. The van der Waals surface area contributed by atoms with Gasteiger partial charge in [-0.3, -0.25) is 0 Å². The summed E-state index contributed by atoms with van der Waals surface area (Å²) in [5.41, 5.74) is 1.22. The molecule has 14 heavy (non-hydrogen) atoms. The molecule has 0 aliphatic carbocycles. The molecule has 0 spiro atoms. The number of hydrogen-bond acceptors (Lipinski definition) is 2. The van der Waals surface area contributed by atoms with Gasteiger partial charge in [-0.1, -0.05) is 12.5 Å². The maximum Gasteiger partial charge on any atom is 0.0947 e. The third-order valence-corrected chi connectivity index (χ3v) is 2.17. The number of unbranched alkanes of at least 4 members (excludes halogenated alkanes) is 3. The molecule has 0 radical (unpaired) electrons. The van der Waals surface area contributed by atoms with Crippen LogP contribution in [0.3, 0.4) is 0 Å². The summed E-state index contributed by atoms with van der Waals surface area (Å²) in [6, 6.07) is 1.99. The van der Waals surface area contributed by atoms with Crippen molar-refractivity contribution in [2.45, 2.75) is 32.2 Å². The molecular formula is C12H19NO. The Morgan fingerprint density at radius 3 is 3.00 bits per heavy atom. The molecule has 78 valence electrons. The van der Waals surface area contributed by atoms with Crippen LogP contribution in [-0.4, -0.2) is 6.54 Å². The van der Waals surface area contributed by atoms with Crippen molar-refractivity contribution in [3.63, 3.8) is 0 Å². The lowest BCUT2D eigenvalue weighted by atomic mass is 10.2. The lowest BCUT2D eigenvalue weighted by Gasteiger charge is -2.01. The number of nitrogens with one attached hydrogen (secondary N) is 1. The molecule has 0 aromatic carbocycles. The number of hydrogen-bond donors (Lipinski definition) is 1. The molecule has 1 aromatic heterocycles. The van der Waals surface area contributed by atoms with Crippen LogP contribution in [-0.2, 0) is 6.54 Å². The van der Waals surface area contributed by atoms with Crippen LogP contribution in [0.25, 0.3) is 0 Å². The molecule has 1 N–H and O–H groups in total.